The number of amides is 4. The highest BCUT2D eigenvalue weighted by molar-refractivity contribution is 6.09. The van der Waals surface area contributed by atoms with Gasteiger partial charge in [-0.3, -0.25) is 14.5 Å². The van der Waals surface area contributed by atoms with Crippen LogP contribution in [-0.4, -0.2) is 39.7 Å². The van der Waals surface area contributed by atoms with Crippen molar-refractivity contribution < 1.29 is 18.8 Å². The van der Waals surface area contributed by atoms with Crippen molar-refractivity contribution in [3.8, 4) is 0 Å². The predicted molar refractivity (Wildman–Crippen MR) is 115 cm³/mol. The van der Waals surface area contributed by atoms with Gasteiger partial charge in [0.1, 0.15) is 17.8 Å². The van der Waals surface area contributed by atoms with E-state index < -0.39 is 11.6 Å². The molecular formula is C24H29N3O4. The van der Waals surface area contributed by atoms with Crippen molar-refractivity contribution in [1.29, 1.82) is 0 Å². The summed E-state index contributed by atoms with van der Waals surface area (Å²) in [6, 6.07) is 12.7. The van der Waals surface area contributed by atoms with E-state index in [1.165, 1.54) is 0 Å². The molecule has 0 unspecified atom stereocenters. The maximum Gasteiger partial charge on any atom is 0.325 e. The zero-order valence-corrected chi connectivity index (χ0v) is 17.9. The van der Waals surface area contributed by atoms with E-state index in [-0.39, 0.29) is 24.9 Å². The lowest BCUT2D eigenvalue weighted by Gasteiger charge is -2.34. The zero-order valence-electron chi connectivity index (χ0n) is 17.9. The predicted octanol–water partition coefficient (Wildman–Crippen LogP) is 3.70. The Kier molecular flexibility index (Phi) is 6.11. The van der Waals surface area contributed by atoms with Crippen LogP contribution in [0.3, 0.4) is 0 Å². The van der Waals surface area contributed by atoms with Gasteiger partial charge in [0.25, 0.3) is 5.91 Å². The van der Waals surface area contributed by atoms with Gasteiger partial charge >= 0.3 is 6.03 Å². The Morgan fingerprint density at radius 3 is 2.52 bits per heavy atom. The molecule has 0 bridgehead atoms. The number of benzene rings is 1. The highest BCUT2D eigenvalue weighted by atomic mass is 16.3. The zero-order chi connectivity index (χ0) is 21.8. The molecule has 1 aliphatic carbocycles. The Labute approximate surface area is 182 Å². The number of carbonyl (C=O) groups excluding carboxylic acids is 3. The molecule has 1 N–H and O–H groups in total. The van der Waals surface area contributed by atoms with Crippen molar-refractivity contribution in [2.24, 2.45) is 5.92 Å². The third kappa shape index (κ3) is 4.50. The number of hydrogen-bond donors (Lipinski definition) is 1. The summed E-state index contributed by atoms with van der Waals surface area (Å²) >= 11 is 0. The molecule has 7 nitrogen and oxygen atoms in total. The van der Waals surface area contributed by atoms with Crippen LogP contribution in [0.25, 0.3) is 0 Å². The molecule has 1 saturated carbocycles. The summed E-state index contributed by atoms with van der Waals surface area (Å²) in [6.07, 6.45) is 5.77. The summed E-state index contributed by atoms with van der Waals surface area (Å²) < 4.78 is 5.42. The van der Waals surface area contributed by atoms with E-state index in [0.717, 1.165) is 29.7 Å². The smallest absolute Gasteiger partial charge is 0.325 e. The number of nitrogens with one attached hydrogen (secondary N) is 1. The second kappa shape index (κ2) is 8.96. The lowest BCUT2D eigenvalue weighted by molar-refractivity contribution is -0.140. The fourth-order valence-corrected chi connectivity index (χ4v) is 4.60. The number of rotatable bonds is 7. The summed E-state index contributed by atoms with van der Waals surface area (Å²) in [5, 5.41) is 2.90. The summed E-state index contributed by atoms with van der Waals surface area (Å²) in [7, 11) is 0. The molecule has 2 heterocycles. The molecule has 2 fully saturated rings. The third-order valence-electron chi connectivity index (χ3n) is 6.57. The maximum atomic E-state index is 13.2. The monoisotopic (exact) mass is 423 g/mol. The summed E-state index contributed by atoms with van der Waals surface area (Å²) in [5.74, 6) is 0.692. The first-order valence-electron chi connectivity index (χ1n) is 11.0. The lowest BCUT2D eigenvalue weighted by Crippen LogP contribution is -2.50. The number of urea groups is 1. The molecule has 0 atom stereocenters. The van der Waals surface area contributed by atoms with Crippen LogP contribution < -0.4 is 5.32 Å². The first-order chi connectivity index (χ1) is 15.0. The van der Waals surface area contributed by atoms with Crippen LogP contribution in [0.5, 0.6) is 0 Å². The van der Waals surface area contributed by atoms with E-state index in [0.29, 0.717) is 31.1 Å². The minimum atomic E-state index is -0.839. The molecule has 31 heavy (non-hydrogen) atoms. The second-order valence-corrected chi connectivity index (χ2v) is 8.57. The van der Waals surface area contributed by atoms with E-state index in [4.69, 9.17) is 4.42 Å². The Morgan fingerprint density at radius 1 is 1.13 bits per heavy atom. The SMILES string of the molecule is CCC1CCC2(CC1)NC(=O)N(CC(=O)N(Cc1ccccc1)Cc1ccco1)C2=O. The Bertz CT molecular complexity index is 918. The van der Waals surface area contributed by atoms with E-state index in [1.54, 1.807) is 23.3 Å². The van der Waals surface area contributed by atoms with Crippen LogP contribution >= 0.6 is 0 Å². The molecule has 164 valence electrons. The van der Waals surface area contributed by atoms with E-state index in [2.05, 4.69) is 12.2 Å². The first-order valence-corrected chi connectivity index (χ1v) is 11.0. The first kappa shape index (κ1) is 21.2. The van der Waals surface area contributed by atoms with Gasteiger partial charge in [-0.25, -0.2) is 4.79 Å². The summed E-state index contributed by atoms with van der Waals surface area (Å²) in [4.78, 5) is 41.7. The van der Waals surface area contributed by atoms with Gasteiger partial charge in [-0.1, -0.05) is 43.7 Å². The average molecular weight is 424 g/mol. The number of nitrogens with zero attached hydrogens (tertiary/aromatic N) is 2. The third-order valence-corrected chi connectivity index (χ3v) is 6.57. The highest BCUT2D eigenvalue weighted by Crippen LogP contribution is 2.37. The number of hydrogen-bond acceptors (Lipinski definition) is 4. The summed E-state index contributed by atoms with van der Waals surface area (Å²) in [6.45, 7) is 2.53. The van der Waals surface area contributed by atoms with E-state index in [9.17, 15) is 14.4 Å². The topological polar surface area (TPSA) is 82.9 Å². The van der Waals surface area contributed by atoms with Gasteiger partial charge < -0.3 is 14.6 Å². The van der Waals surface area contributed by atoms with Crippen molar-refractivity contribution in [2.45, 2.75) is 57.7 Å². The van der Waals surface area contributed by atoms with Crippen molar-refractivity contribution in [3.05, 3.63) is 60.1 Å². The standard InChI is InChI=1S/C24H29N3O4/c1-2-18-10-12-24(13-11-18)22(29)27(23(30)25-24)17-21(28)26(16-20-9-6-14-31-20)15-19-7-4-3-5-8-19/h3-9,14,18H,2,10-13,15-17H2,1H3,(H,25,30). The highest BCUT2D eigenvalue weighted by Gasteiger charge is 2.52. The van der Waals surface area contributed by atoms with Crippen LogP contribution in [0, 0.1) is 5.92 Å². The largest absolute Gasteiger partial charge is 0.467 e. The van der Waals surface area contributed by atoms with Crippen molar-refractivity contribution in [3.63, 3.8) is 0 Å². The molecule has 7 heteroatoms. The number of furan rings is 1. The molecule has 4 rings (SSSR count). The number of imide groups is 1. The molecule has 1 aromatic heterocycles. The van der Waals surface area contributed by atoms with Crippen LogP contribution in [0.1, 0.15) is 50.4 Å². The van der Waals surface area contributed by atoms with Gasteiger partial charge in [-0.2, -0.15) is 0 Å². The van der Waals surface area contributed by atoms with Crippen molar-refractivity contribution in [2.75, 3.05) is 6.54 Å². The fraction of sp³-hybridized carbons (Fsp3) is 0.458. The number of carbonyl (C=O) groups is 3. The molecule has 4 amide bonds. The molecule has 0 radical (unpaired) electrons. The second-order valence-electron chi connectivity index (χ2n) is 8.57. The van der Waals surface area contributed by atoms with Gasteiger partial charge in [-0.15, -0.1) is 0 Å². The molecule has 2 aromatic rings. The van der Waals surface area contributed by atoms with Crippen LogP contribution in [0.2, 0.25) is 0 Å². The lowest BCUT2D eigenvalue weighted by atomic mass is 9.75. The van der Waals surface area contributed by atoms with Crippen molar-refractivity contribution in [1.82, 2.24) is 15.1 Å². The normalized spacial score (nSPS) is 23.3. The van der Waals surface area contributed by atoms with Gasteiger partial charge in [0.2, 0.25) is 5.91 Å². The van der Waals surface area contributed by atoms with Gasteiger partial charge in [-0.05, 0) is 49.3 Å². The van der Waals surface area contributed by atoms with Crippen LogP contribution in [0.15, 0.2) is 53.1 Å². The van der Waals surface area contributed by atoms with Gasteiger partial charge in [0.15, 0.2) is 0 Å². The Hall–Kier alpha value is -3.09. The Balaban J connectivity index is 1.47. The van der Waals surface area contributed by atoms with Crippen molar-refractivity contribution >= 4 is 17.8 Å². The molecular weight excluding hydrogens is 394 g/mol. The molecule has 1 saturated heterocycles. The minimum absolute atomic E-state index is 0.266. The average Bonchev–Trinajstić information content (AvgIpc) is 3.37. The fourth-order valence-electron chi connectivity index (χ4n) is 4.60. The van der Waals surface area contributed by atoms with E-state index >= 15 is 0 Å². The maximum absolute atomic E-state index is 13.2. The summed E-state index contributed by atoms with van der Waals surface area (Å²) in [5.41, 5.74) is 0.128. The molecule has 1 aliphatic heterocycles. The molecule has 1 aromatic carbocycles. The van der Waals surface area contributed by atoms with Crippen LogP contribution in [0.4, 0.5) is 4.79 Å². The minimum Gasteiger partial charge on any atom is -0.467 e. The quantitative estimate of drug-likeness (QED) is 0.689. The van der Waals surface area contributed by atoms with Gasteiger partial charge in [0, 0.05) is 6.54 Å². The van der Waals surface area contributed by atoms with Gasteiger partial charge in [0.05, 0.1) is 12.8 Å². The Morgan fingerprint density at radius 2 is 1.87 bits per heavy atom. The van der Waals surface area contributed by atoms with E-state index in [1.807, 2.05) is 30.3 Å². The molecule has 2 aliphatic rings. The van der Waals surface area contributed by atoms with Crippen LogP contribution in [-0.2, 0) is 22.7 Å². The molecule has 1 spiro atoms.